The van der Waals surface area contributed by atoms with Crippen LogP contribution in [0, 0.1) is 0 Å². The lowest BCUT2D eigenvalue weighted by Crippen LogP contribution is -2.29. The molecule has 3 aromatic carbocycles. The molecule has 1 aliphatic heterocycles. The Morgan fingerprint density at radius 2 is 1.72 bits per heavy atom. The van der Waals surface area contributed by atoms with Gasteiger partial charge in [0.1, 0.15) is 17.3 Å². The molecule has 10 heteroatoms. The van der Waals surface area contributed by atoms with E-state index >= 15 is 0 Å². The van der Waals surface area contributed by atoms with E-state index < -0.39 is 17.7 Å². The Bertz CT molecular complexity index is 1600. The first-order valence-corrected chi connectivity index (χ1v) is 13.9. The maximum absolute atomic E-state index is 13.5. The summed E-state index contributed by atoms with van der Waals surface area (Å²) in [7, 11) is 0. The molecule has 1 aromatic heterocycles. The number of benzene rings is 3. The van der Waals surface area contributed by atoms with E-state index in [4.69, 9.17) is 32.7 Å². The van der Waals surface area contributed by atoms with Crippen molar-refractivity contribution in [2.24, 2.45) is 0 Å². The molecule has 1 amide bonds. The van der Waals surface area contributed by atoms with Gasteiger partial charge >= 0.3 is 5.91 Å². The number of halogens is 2. The summed E-state index contributed by atoms with van der Waals surface area (Å²) in [5.74, 6) is -0.636. The normalized spacial score (nSPS) is 16.7. The molecular formula is C29H24Cl2N2O5S. The van der Waals surface area contributed by atoms with Crippen LogP contribution in [0.15, 0.2) is 66.2 Å². The number of ketones is 1. The Hall–Kier alpha value is -3.59. The number of thiazole rings is 1. The lowest BCUT2D eigenvalue weighted by atomic mass is 9.95. The summed E-state index contributed by atoms with van der Waals surface area (Å²) in [5.41, 5.74) is 1.45. The van der Waals surface area contributed by atoms with E-state index in [-0.39, 0.29) is 16.4 Å². The second-order valence-corrected chi connectivity index (χ2v) is 10.6. The van der Waals surface area contributed by atoms with Crippen LogP contribution < -0.4 is 14.4 Å². The van der Waals surface area contributed by atoms with Crippen molar-refractivity contribution in [2.45, 2.75) is 26.3 Å². The number of anilines is 1. The minimum absolute atomic E-state index is 0.0742. The zero-order chi connectivity index (χ0) is 27.7. The van der Waals surface area contributed by atoms with Gasteiger partial charge in [0.2, 0.25) is 0 Å². The molecule has 0 spiro atoms. The number of ether oxygens (including phenoxy) is 2. The predicted molar refractivity (Wildman–Crippen MR) is 154 cm³/mol. The Balaban J connectivity index is 1.65. The van der Waals surface area contributed by atoms with Crippen LogP contribution in [0.2, 0.25) is 10.0 Å². The number of aliphatic hydroxyl groups excluding tert-OH is 1. The molecule has 4 aromatic rings. The molecule has 7 nitrogen and oxygen atoms in total. The van der Waals surface area contributed by atoms with E-state index in [9.17, 15) is 14.7 Å². The molecule has 200 valence electrons. The third kappa shape index (κ3) is 5.20. The second-order valence-electron chi connectivity index (χ2n) is 8.77. The van der Waals surface area contributed by atoms with Gasteiger partial charge < -0.3 is 14.6 Å². The van der Waals surface area contributed by atoms with E-state index in [0.717, 1.165) is 11.1 Å². The van der Waals surface area contributed by atoms with Gasteiger partial charge in [-0.05, 0) is 73.5 Å². The van der Waals surface area contributed by atoms with Crippen molar-refractivity contribution in [3.05, 3.63) is 87.4 Å². The maximum Gasteiger partial charge on any atom is 0.301 e. The van der Waals surface area contributed by atoms with Crippen molar-refractivity contribution in [1.82, 2.24) is 4.98 Å². The minimum atomic E-state index is -0.984. The number of fused-ring (bicyclic) bond motifs is 1. The predicted octanol–water partition coefficient (Wildman–Crippen LogP) is 7.42. The fourth-order valence-corrected chi connectivity index (χ4v) is 5.69. The van der Waals surface area contributed by atoms with Gasteiger partial charge in [-0.3, -0.25) is 14.5 Å². The van der Waals surface area contributed by atoms with Gasteiger partial charge in [-0.1, -0.05) is 47.5 Å². The summed E-state index contributed by atoms with van der Waals surface area (Å²) in [6.45, 7) is 4.97. The lowest BCUT2D eigenvalue weighted by Gasteiger charge is -2.23. The zero-order valence-electron chi connectivity index (χ0n) is 21.1. The van der Waals surface area contributed by atoms with Crippen LogP contribution in [0.3, 0.4) is 0 Å². The standard InChI is InChI=1S/C29H24Cl2N2O5S/c1-3-13-38-18-8-5-16(6-9-18)26(34)24-25(17-7-11-20(30)21(31)14-17)33(28(36)27(24)35)29-32-22-12-10-19(37-4-2)15-23(22)39-29/h5-12,14-15,25,34H,3-4,13H2,1-2H3/b26-24+. The summed E-state index contributed by atoms with van der Waals surface area (Å²) >= 11 is 13.7. The van der Waals surface area contributed by atoms with Crippen molar-refractivity contribution < 1.29 is 24.2 Å². The van der Waals surface area contributed by atoms with Crippen molar-refractivity contribution in [1.29, 1.82) is 0 Å². The van der Waals surface area contributed by atoms with Crippen LogP contribution in [0.5, 0.6) is 11.5 Å². The Kier molecular flexibility index (Phi) is 7.79. The molecule has 39 heavy (non-hydrogen) atoms. The first-order valence-electron chi connectivity index (χ1n) is 12.3. The summed E-state index contributed by atoms with van der Waals surface area (Å²) < 4.78 is 12.0. The fraction of sp³-hybridized carbons (Fsp3) is 0.207. The molecule has 0 radical (unpaired) electrons. The molecule has 0 aliphatic carbocycles. The Morgan fingerprint density at radius 3 is 2.41 bits per heavy atom. The summed E-state index contributed by atoms with van der Waals surface area (Å²) in [6.07, 6.45) is 0.855. The molecule has 5 rings (SSSR count). The number of aliphatic hydroxyl groups is 1. The molecule has 0 bridgehead atoms. The quantitative estimate of drug-likeness (QED) is 0.132. The van der Waals surface area contributed by atoms with Crippen molar-refractivity contribution in [3.8, 4) is 11.5 Å². The summed E-state index contributed by atoms with van der Waals surface area (Å²) in [6, 6.07) is 16.0. The van der Waals surface area contributed by atoms with Crippen molar-refractivity contribution in [2.75, 3.05) is 18.1 Å². The number of hydrogen-bond acceptors (Lipinski definition) is 7. The van der Waals surface area contributed by atoms with Gasteiger partial charge in [0, 0.05) is 5.56 Å². The molecule has 1 fully saturated rings. The largest absolute Gasteiger partial charge is 0.507 e. The van der Waals surface area contributed by atoms with Gasteiger partial charge in [-0.2, -0.15) is 0 Å². The molecule has 2 heterocycles. The Labute approximate surface area is 239 Å². The smallest absolute Gasteiger partial charge is 0.301 e. The van der Waals surface area contributed by atoms with Crippen LogP contribution in [-0.2, 0) is 9.59 Å². The average Bonchev–Trinajstić information content (AvgIpc) is 3.46. The van der Waals surface area contributed by atoms with E-state index in [1.54, 1.807) is 54.6 Å². The molecule has 0 saturated carbocycles. The summed E-state index contributed by atoms with van der Waals surface area (Å²) in [4.78, 5) is 32.9. The molecule has 1 saturated heterocycles. The molecule has 1 unspecified atom stereocenters. The van der Waals surface area contributed by atoms with Crippen LogP contribution in [0.1, 0.15) is 37.4 Å². The first-order chi connectivity index (χ1) is 18.8. The first kappa shape index (κ1) is 27.0. The average molecular weight is 583 g/mol. The number of nitrogens with zero attached hydrogens (tertiary/aromatic N) is 2. The van der Waals surface area contributed by atoms with Gasteiger partial charge in [-0.15, -0.1) is 0 Å². The molecule has 1 atom stereocenters. The van der Waals surface area contributed by atoms with Gasteiger partial charge in [0.05, 0.1) is 45.1 Å². The topological polar surface area (TPSA) is 89.0 Å². The Morgan fingerprint density at radius 1 is 0.974 bits per heavy atom. The minimum Gasteiger partial charge on any atom is -0.507 e. The number of carbonyl (C=O) groups excluding carboxylic acids is 2. The number of aromatic nitrogens is 1. The van der Waals surface area contributed by atoms with E-state index in [1.807, 2.05) is 19.9 Å². The summed E-state index contributed by atoms with van der Waals surface area (Å²) in [5, 5.41) is 12.3. The highest BCUT2D eigenvalue weighted by molar-refractivity contribution is 7.22. The van der Waals surface area contributed by atoms with Crippen LogP contribution in [-0.4, -0.2) is 35.0 Å². The van der Waals surface area contributed by atoms with Crippen molar-refractivity contribution in [3.63, 3.8) is 0 Å². The van der Waals surface area contributed by atoms with Gasteiger partial charge in [0.15, 0.2) is 5.13 Å². The van der Waals surface area contributed by atoms with Crippen LogP contribution in [0.4, 0.5) is 5.13 Å². The number of carbonyl (C=O) groups is 2. The lowest BCUT2D eigenvalue weighted by molar-refractivity contribution is -0.132. The van der Waals surface area contributed by atoms with E-state index in [1.165, 1.54) is 16.2 Å². The van der Waals surface area contributed by atoms with Gasteiger partial charge in [-0.25, -0.2) is 4.98 Å². The van der Waals surface area contributed by atoms with Crippen LogP contribution >= 0.6 is 34.5 Å². The monoisotopic (exact) mass is 582 g/mol. The maximum atomic E-state index is 13.5. The zero-order valence-corrected chi connectivity index (χ0v) is 23.4. The number of Topliss-reactive ketones (excluding diaryl/α,β-unsaturated/α-hetero) is 1. The third-order valence-electron chi connectivity index (χ3n) is 6.17. The van der Waals surface area contributed by atoms with Gasteiger partial charge in [0.25, 0.3) is 5.78 Å². The van der Waals surface area contributed by atoms with Crippen LogP contribution in [0.25, 0.3) is 16.0 Å². The molecule has 1 aliphatic rings. The third-order valence-corrected chi connectivity index (χ3v) is 7.93. The second kappa shape index (κ2) is 11.3. The SMILES string of the molecule is CCCOc1ccc(/C(O)=C2\C(=O)C(=O)N(c3nc4ccc(OCC)cc4s3)C2c2ccc(Cl)c(Cl)c2)cc1. The molecular weight excluding hydrogens is 559 g/mol. The number of rotatable bonds is 8. The number of amides is 1. The van der Waals surface area contributed by atoms with E-state index in [0.29, 0.717) is 51.5 Å². The fourth-order valence-electron chi connectivity index (χ4n) is 4.36. The number of hydrogen-bond donors (Lipinski definition) is 1. The highest BCUT2D eigenvalue weighted by Gasteiger charge is 2.48. The molecule has 1 N–H and O–H groups in total. The van der Waals surface area contributed by atoms with Crippen molar-refractivity contribution >= 4 is 67.3 Å². The highest BCUT2D eigenvalue weighted by atomic mass is 35.5. The van der Waals surface area contributed by atoms with E-state index in [2.05, 4.69) is 4.98 Å². The highest BCUT2D eigenvalue weighted by Crippen LogP contribution is 2.45.